The van der Waals surface area contributed by atoms with Crippen molar-refractivity contribution >= 4 is 18.8 Å². The molecule has 0 amide bonds. The number of imidazole rings is 1. The van der Waals surface area contributed by atoms with Gasteiger partial charge in [0.15, 0.2) is 0 Å². The Bertz CT molecular complexity index is 1370. The van der Waals surface area contributed by atoms with Gasteiger partial charge in [0.25, 0.3) is 0 Å². The third-order valence-corrected chi connectivity index (χ3v) is 6.36. The summed E-state index contributed by atoms with van der Waals surface area (Å²) >= 11 is 0. The minimum Gasteiger partial charge on any atom is -0.320 e. The topological polar surface area (TPSA) is 57.1 Å². The molecule has 1 saturated carbocycles. The van der Waals surface area contributed by atoms with E-state index < -0.39 is 17.4 Å². The van der Waals surface area contributed by atoms with Crippen molar-refractivity contribution in [2.24, 2.45) is 13.0 Å². The second-order valence-corrected chi connectivity index (χ2v) is 8.53. The third kappa shape index (κ3) is 3.34. The third-order valence-electron chi connectivity index (χ3n) is 6.36. The Morgan fingerprint density at radius 3 is 2.59 bits per heavy atom. The van der Waals surface area contributed by atoms with Gasteiger partial charge in [-0.05, 0) is 36.5 Å². The van der Waals surface area contributed by atoms with E-state index in [1.807, 2.05) is 29.8 Å². The van der Waals surface area contributed by atoms with Crippen molar-refractivity contribution in [3.63, 3.8) is 0 Å². The molecule has 1 aromatic carbocycles. The van der Waals surface area contributed by atoms with Gasteiger partial charge >= 0.3 is 11.9 Å². The van der Waals surface area contributed by atoms with Crippen LogP contribution in [0.3, 0.4) is 0 Å². The maximum Gasteiger partial charge on any atom is 0.418 e. The van der Waals surface area contributed by atoms with Gasteiger partial charge in [0.2, 0.25) is 0 Å². The second kappa shape index (κ2) is 7.39. The van der Waals surface area contributed by atoms with Crippen LogP contribution in [0, 0.1) is 5.92 Å². The number of aryl methyl sites for hydroxylation is 1. The lowest BCUT2D eigenvalue weighted by molar-refractivity contribution is -0.136. The van der Waals surface area contributed by atoms with E-state index in [0.717, 1.165) is 41.1 Å². The maximum atomic E-state index is 13.6. The summed E-state index contributed by atoms with van der Waals surface area (Å²) in [6.45, 7) is 0. The Labute approximate surface area is 182 Å². The van der Waals surface area contributed by atoms with E-state index in [4.69, 9.17) is 0 Å². The van der Waals surface area contributed by atoms with Gasteiger partial charge in [-0.1, -0.05) is 30.1 Å². The Morgan fingerprint density at radius 1 is 1.19 bits per heavy atom. The number of halogens is 3. The van der Waals surface area contributed by atoms with Crippen LogP contribution in [0.25, 0.3) is 11.2 Å². The molecule has 10 heteroatoms. The van der Waals surface area contributed by atoms with Crippen molar-refractivity contribution in [3.05, 3.63) is 76.5 Å². The van der Waals surface area contributed by atoms with Crippen LogP contribution in [0.5, 0.6) is 0 Å². The Kier molecular flexibility index (Phi) is 4.76. The van der Waals surface area contributed by atoms with E-state index in [2.05, 4.69) is 10.2 Å². The molecule has 1 fully saturated rings. The lowest BCUT2D eigenvalue weighted by atomic mass is 9.72. The van der Waals surface area contributed by atoms with Gasteiger partial charge in [0, 0.05) is 25.4 Å². The van der Waals surface area contributed by atoms with Gasteiger partial charge in [-0.2, -0.15) is 13.2 Å². The van der Waals surface area contributed by atoms with Crippen molar-refractivity contribution < 1.29 is 13.2 Å². The normalized spacial score (nSPS) is 15.8. The highest BCUT2D eigenvalue weighted by Crippen LogP contribution is 2.42. The molecule has 5 rings (SSSR count). The van der Waals surface area contributed by atoms with Crippen LogP contribution in [-0.4, -0.2) is 31.6 Å². The molecule has 0 spiro atoms. The molecule has 0 N–H and O–H groups in total. The number of hydrogen-bond donors (Lipinski definition) is 0. The van der Waals surface area contributed by atoms with Crippen LogP contribution in [0.15, 0.2) is 53.8 Å². The highest BCUT2D eigenvalue weighted by atomic mass is 19.4. The van der Waals surface area contributed by atoms with Gasteiger partial charge in [-0.3, -0.25) is 8.97 Å². The van der Waals surface area contributed by atoms with E-state index in [9.17, 15) is 18.0 Å². The molecule has 0 unspecified atom stereocenters. The Morgan fingerprint density at radius 2 is 1.97 bits per heavy atom. The molecule has 1 atom stereocenters. The van der Waals surface area contributed by atoms with Crippen LogP contribution in [0.1, 0.15) is 42.1 Å². The Hall–Kier alpha value is -3.30. The van der Waals surface area contributed by atoms with Gasteiger partial charge in [-0.25, -0.2) is 4.79 Å². The number of pyridine rings is 1. The van der Waals surface area contributed by atoms with Crippen LogP contribution in [0.2, 0.25) is 0 Å². The maximum absolute atomic E-state index is 13.6. The molecular formula is C22H21BF3N5O. The fraction of sp³-hybridized carbons (Fsp3) is 0.318. The van der Waals surface area contributed by atoms with Crippen LogP contribution >= 0.6 is 0 Å². The first-order valence-corrected chi connectivity index (χ1v) is 10.5. The number of fused-ring (bicyclic) bond motifs is 1. The predicted octanol–water partition coefficient (Wildman–Crippen LogP) is 2.43. The first kappa shape index (κ1) is 20.6. The molecule has 0 bridgehead atoms. The molecule has 0 saturated heterocycles. The minimum absolute atomic E-state index is 0.0110. The molecule has 3 aromatic heterocycles. The van der Waals surface area contributed by atoms with E-state index in [0.29, 0.717) is 17.1 Å². The lowest BCUT2D eigenvalue weighted by Crippen LogP contribution is -2.24. The molecule has 6 nitrogen and oxygen atoms in total. The van der Waals surface area contributed by atoms with Crippen molar-refractivity contribution in [1.29, 1.82) is 0 Å². The summed E-state index contributed by atoms with van der Waals surface area (Å²) in [5.41, 5.74) is 0.334. The van der Waals surface area contributed by atoms with Gasteiger partial charge < -0.3 is 4.57 Å². The first-order chi connectivity index (χ1) is 15.2. The first-order valence-electron chi connectivity index (χ1n) is 10.5. The van der Waals surface area contributed by atoms with Crippen molar-refractivity contribution in [3.8, 4) is 5.69 Å². The molecule has 4 aromatic rings. The standard InChI is InChI=1S/C22H21BF3N5O/c1-29-12-27-28-20(29)19(13-4-2-5-13)14-6-3-7-16(8-14)30-11-18-17(22(24,25)26)9-15(23)10-31(18)21(30)32/h3,6-13,19H,2,4-5,23H2,1H3/t19-/m1/s1. The van der Waals surface area contributed by atoms with Crippen LogP contribution < -0.4 is 11.2 Å². The highest BCUT2D eigenvalue weighted by molar-refractivity contribution is 6.32. The number of rotatable bonds is 4. The largest absolute Gasteiger partial charge is 0.418 e. The van der Waals surface area contributed by atoms with Crippen molar-refractivity contribution in [2.75, 3.05) is 0 Å². The molecule has 1 aliphatic carbocycles. The molecular weight excluding hydrogens is 418 g/mol. The van der Waals surface area contributed by atoms with Crippen molar-refractivity contribution in [1.82, 2.24) is 23.7 Å². The molecule has 3 heterocycles. The van der Waals surface area contributed by atoms with Gasteiger partial charge in [0.1, 0.15) is 20.0 Å². The average Bonchev–Trinajstić information content (AvgIpc) is 3.27. The number of hydrogen-bond acceptors (Lipinski definition) is 3. The fourth-order valence-electron chi connectivity index (χ4n) is 4.58. The Balaban J connectivity index is 1.66. The monoisotopic (exact) mass is 439 g/mol. The summed E-state index contributed by atoms with van der Waals surface area (Å²) in [5, 5.41) is 8.34. The zero-order valence-corrected chi connectivity index (χ0v) is 17.7. The van der Waals surface area contributed by atoms with Gasteiger partial charge in [0.05, 0.1) is 16.8 Å². The molecule has 0 radical (unpaired) electrons. The second-order valence-electron chi connectivity index (χ2n) is 8.53. The summed E-state index contributed by atoms with van der Waals surface area (Å²) in [5.74, 6) is 1.27. The zero-order chi connectivity index (χ0) is 22.6. The fourth-order valence-corrected chi connectivity index (χ4v) is 4.58. The average molecular weight is 439 g/mol. The molecule has 1 aliphatic rings. The van der Waals surface area contributed by atoms with Crippen LogP contribution in [-0.2, 0) is 13.2 Å². The molecule has 32 heavy (non-hydrogen) atoms. The van der Waals surface area contributed by atoms with E-state index >= 15 is 0 Å². The number of aromatic nitrogens is 5. The summed E-state index contributed by atoms with van der Waals surface area (Å²) < 4.78 is 45.0. The predicted molar refractivity (Wildman–Crippen MR) is 116 cm³/mol. The quantitative estimate of drug-likeness (QED) is 0.459. The highest BCUT2D eigenvalue weighted by Gasteiger charge is 2.35. The van der Waals surface area contributed by atoms with E-state index in [1.54, 1.807) is 20.2 Å². The summed E-state index contributed by atoms with van der Waals surface area (Å²) in [4.78, 5) is 13.1. The van der Waals surface area contributed by atoms with Gasteiger partial charge in [-0.15, -0.1) is 10.2 Å². The lowest BCUT2D eigenvalue weighted by Gasteiger charge is -2.33. The minimum atomic E-state index is -4.56. The molecule has 164 valence electrons. The molecule has 0 aliphatic heterocycles. The summed E-state index contributed by atoms with van der Waals surface area (Å²) in [6, 6.07) is 8.48. The SMILES string of the molecule is Bc1cc(C(F)(F)F)c2cn(-c3cccc([C@H](c4nncn4C)C4CCC4)c3)c(=O)n2c1. The summed E-state index contributed by atoms with van der Waals surface area (Å²) in [7, 11) is 3.44. The number of nitrogens with zero attached hydrogens (tertiary/aromatic N) is 5. The number of benzene rings is 1. The van der Waals surface area contributed by atoms with E-state index in [-0.39, 0.29) is 11.4 Å². The van der Waals surface area contributed by atoms with E-state index in [1.165, 1.54) is 17.0 Å². The summed E-state index contributed by atoms with van der Waals surface area (Å²) in [6.07, 6.45) is 3.12. The van der Waals surface area contributed by atoms with Crippen LogP contribution in [0.4, 0.5) is 13.2 Å². The smallest absolute Gasteiger partial charge is 0.320 e. The van der Waals surface area contributed by atoms with Crippen molar-refractivity contribution in [2.45, 2.75) is 31.4 Å². The number of alkyl halides is 3. The zero-order valence-electron chi connectivity index (χ0n) is 17.7.